The van der Waals surface area contributed by atoms with E-state index in [0.29, 0.717) is 0 Å². The third-order valence-corrected chi connectivity index (χ3v) is 3.36. The second kappa shape index (κ2) is 6.21. The lowest BCUT2D eigenvalue weighted by Crippen LogP contribution is -2.44. The summed E-state index contributed by atoms with van der Waals surface area (Å²) in [6, 6.07) is 0.0254. The predicted molar refractivity (Wildman–Crippen MR) is 62.5 cm³/mol. The SMILES string of the molecule is CCN(CC)C(CC(=O)O)C1CCC(C)O1. The molecule has 0 saturated carbocycles. The van der Waals surface area contributed by atoms with Crippen LogP contribution in [0.3, 0.4) is 0 Å². The van der Waals surface area contributed by atoms with Crippen LogP contribution < -0.4 is 0 Å². The fourth-order valence-electron chi connectivity index (χ4n) is 2.48. The quantitative estimate of drug-likeness (QED) is 0.753. The van der Waals surface area contributed by atoms with Crippen molar-refractivity contribution in [2.45, 2.75) is 58.3 Å². The first-order valence-electron chi connectivity index (χ1n) is 6.19. The number of nitrogens with zero attached hydrogens (tertiary/aromatic N) is 1. The zero-order valence-corrected chi connectivity index (χ0v) is 10.5. The Balaban J connectivity index is 2.65. The lowest BCUT2D eigenvalue weighted by atomic mass is 10.0. The van der Waals surface area contributed by atoms with Crippen LogP contribution >= 0.6 is 0 Å². The number of carboxylic acid groups (broad SMARTS) is 1. The summed E-state index contributed by atoms with van der Waals surface area (Å²) in [5.41, 5.74) is 0. The van der Waals surface area contributed by atoms with Crippen LogP contribution in [0.4, 0.5) is 0 Å². The van der Waals surface area contributed by atoms with Crippen molar-refractivity contribution < 1.29 is 14.6 Å². The fraction of sp³-hybridized carbons (Fsp3) is 0.917. The van der Waals surface area contributed by atoms with Gasteiger partial charge in [-0.05, 0) is 32.9 Å². The molecule has 0 aromatic carbocycles. The van der Waals surface area contributed by atoms with E-state index >= 15 is 0 Å². The Hall–Kier alpha value is -0.610. The second-order valence-electron chi connectivity index (χ2n) is 4.45. The predicted octanol–water partition coefficient (Wildman–Crippen LogP) is 1.74. The van der Waals surface area contributed by atoms with Gasteiger partial charge in [-0.15, -0.1) is 0 Å². The van der Waals surface area contributed by atoms with Crippen LogP contribution in [0.1, 0.15) is 40.0 Å². The number of hydrogen-bond acceptors (Lipinski definition) is 3. The maximum absolute atomic E-state index is 10.9. The van der Waals surface area contributed by atoms with E-state index in [1.807, 2.05) is 0 Å². The first-order valence-corrected chi connectivity index (χ1v) is 6.19. The molecule has 0 aromatic rings. The van der Waals surface area contributed by atoms with Crippen LogP contribution in [0, 0.1) is 0 Å². The molecule has 4 nitrogen and oxygen atoms in total. The summed E-state index contributed by atoms with van der Waals surface area (Å²) in [6.07, 6.45) is 2.57. The molecule has 16 heavy (non-hydrogen) atoms. The molecule has 1 aliphatic rings. The molecule has 1 rings (SSSR count). The zero-order chi connectivity index (χ0) is 12.1. The highest BCUT2D eigenvalue weighted by atomic mass is 16.5. The summed E-state index contributed by atoms with van der Waals surface area (Å²) in [5, 5.41) is 8.97. The maximum Gasteiger partial charge on any atom is 0.305 e. The van der Waals surface area contributed by atoms with Crippen molar-refractivity contribution in [2.24, 2.45) is 0 Å². The molecular formula is C12H23NO3. The van der Waals surface area contributed by atoms with Crippen molar-refractivity contribution in [1.82, 2.24) is 4.90 Å². The van der Waals surface area contributed by atoms with Crippen LogP contribution in [0.15, 0.2) is 0 Å². The highest BCUT2D eigenvalue weighted by molar-refractivity contribution is 5.67. The van der Waals surface area contributed by atoms with Gasteiger partial charge in [0.2, 0.25) is 0 Å². The number of ether oxygens (including phenoxy) is 1. The Labute approximate surface area is 97.6 Å². The molecular weight excluding hydrogens is 206 g/mol. The van der Waals surface area contributed by atoms with Crippen LogP contribution in [-0.4, -0.2) is 47.3 Å². The Kier molecular flexibility index (Phi) is 5.22. The van der Waals surface area contributed by atoms with Gasteiger partial charge in [0.05, 0.1) is 18.6 Å². The standard InChI is InChI=1S/C12H23NO3/c1-4-13(5-2)10(8-12(14)15)11-7-6-9(3)16-11/h9-11H,4-8H2,1-3H3,(H,14,15). The van der Waals surface area contributed by atoms with Gasteiger partial charge < -0.3 is 9.84 Å². The topological polar surface area (TPSA) is 49.8 Å². The molecule has 1 heterocycles. The van der Waals surface area contributed by atoms with Crippen molar-refractivity contribution in [3.05, 3.63) is 0 Å². The molecule has 0 aromatic heterocycles. The third kappa shape index (κ3) is 3.46. The molecule has 1 fully saturated rings. The average molecular weight is 229 g/mol. The van der Waals surface area contributed by atoms with E-state index in [-0.39, 0.29) is 24.7 Å². The molecule has 0 radical (unpaired) electrons. The van der Waals surface area contributed by atoms with Crippen LogP contribution in [0.25, 0.3) is 0 Å². The van der Waals surface area contributed by atoms with Gasteiger partial charge in [0.25, 0.3) is 0 Å². The lowest BCUT2D eigenvalue weighted by molar-refractivity contribution is -0.140. The molecule has 3 unspecified atom stereocenters. The Morgan fingerprint density at radius 3 is 2.44 bits per heavy atom. The summed E-state index contributed by atoms with van der Waals surface area (Å²) >= 11 is 0. The van der Waals surface area contributed by atoms with Gasteiger partial charge in [-0.25, -0.2) is 0 Å². The van der Waals surface area contributed by atoms with Crippen LogP contribution in [0.2, 0.25) is 0 Å². The summed E-state index contributed by atoms with van der Waals surface area (Å²) in [4.78, 5) is 13.1. The molecule has 1 N–H and O–H groups in total. The number of likely N-dealkylation sites (N-methyl/N-ethyl adjacent to an activating group) is 1. The van der Waals surface area contributed by atoms with Crippen molar-refractivity contribution in [2.75, 3.05) is 13.1 Å². The minimum Gasteiger partial charge on any atom is -0.481 e. The zero-order valence-electron chi connectivity index (χ0n) is 10.5. The molecule has 0 bridgehead atoms. The summed E-state index contributed by atoms with van der Waals surface area (Å²) in [7, 11) is 0. The van der Waals surface area contributed by atoms with Gasteiger partial charge >= 0.3 is 5.97 Å². The van der Waals surface area contributed by atoms with Gasteiger partial charge in [-0.2, -0.15) is 0 Å². The largest absolute Gasteiger partial charge is 0.481 e. The van der Waals surface area contributed by atoms with Crippen LogP contribution in [0.5, 0.6) is 0 Å². The van der Waals surface area contributed by atoms with E-state index in [1.54, 1.807) is 0 Å². The Morgan fingerprint density at radius 1 is 1.44 bits per heavy atom. The lowest BCUT2D eigenvalue weighted by Gasteiger charge is -2.32. The second-order valence-corrected chi connectivity index (χ2v) is 4.45. The van der Waals surface area contributed by atoms with Crippen molar-refractivity contribution in [1.29, 1.82) is 0 Å². The fourth-order valence-corrected chi connectivity index (χ4v) is 2.48. The van der Waals surface area contributed by atoms with Crippen LogP contribution in [-0.2, 0) is 9.53 Å². The molecule has 0 amide bonds. The molecule has 1 saturated heterocycles. The summed E-state index contributed by atoms with van der Waals surface area (Å²) in [6.45, 7) is 7.94. The molecule has 94 valence electrons. The third-order valence-electron chi connectivity index (χ3n) is 3.36. The van der Waals surface area contributed by atoms with E-state index in [0.717, 1.165) is 25.9 Å². The summed E-state index contributed by atoms with van der Waals surface area (Å²) < 4.78 is 5.80. The highest BCUT2D eigenvalue weighted by Gasteiger charge is 2.33. The smallest absolute Gasteiger partial charge is 0.305 e. The molecule has 0 spiro atoms. The molecule has 0 aliphatic carbocycles. The molecule has 3 atom stereocenters. The average Bonchev–Trinajstić information content (AvgIpc) is 2.64. The van der Waals surface area contributed by atoms with Crippen molar-refractivity contribution >= 4 is 5.97 Å². The first-order chi connectivity index (χ1) is 7.58. The van der Waals surface area contributed by atoms with Gasteiger partial charge in [0.1, 0.15) is 0 Å². The number of aliphatic carboxylic acids is 1. The summed E-state index contributed by atoms with van der Waals surface area (Å²) in [5.74, 6) is -0.736. The first kappa shape index (κ1) is 13.5. The number of rotatable bonds is 6. The van der Waals surface area contributed by atoms with Crippen molar-refractivity contribution in [3.8, 4) is 0 Å². The minimum atomic E-state index is -0.736. The number of carbonyl (C=O) groups is 1. The van der Waals surface area contributed by atoms with E-state index in [1.165, 1.54) is 0 Å². The minimum absolute atomic E-state index is 0.0254. The van der Waals surface area contributed by atoms with Crippen molar-refractivity contribution in [3.63, 3.8) is 0 Å². The van der Waals surface area contributed by atoms with E-state index < -0.39 is 5.97 Å². The highest BCUT2D eigenvalue weighted by Crippen LogP contribution is 2.26. The maximum atomic E-state index is 10.9. The van der Waals surface area contributed by atoms with E-state index in [9.17, 15) is 4.79 Å². The van der Waals surface area contributed by atoms with Gasteiger partial charge in [-0.1, -0.05) is 13.8 Å². The van der Waals surface area contributed by atoms with Gasteiger partial charge in [-0.3, -0.25) is 9.69 Å². The van der Waals surface area contributed by atoms with E-state index in [4.69, 9.17) is 9.84 Å². The van der Waals surface area contributed by atoms with Gasteiger partial charge in [0, 0.05) is 6.04 Å². The Morgan fingerprint density at radius 2 is 2.06 bits per heavy atom. The number of carboxylic acids is 1. The van der Waals surface area contributed by atoms with E-state index in [2.05, 4.69) is 25.7 Å². The number of hydrogen-bond donors (Lipinski definition) is 1. The molecule has 4 heteroatoms. The Bertz CT molecular complexity index is 228. The van der Waals surface area contributed by atoms with Gasteiger partial charge in [0.15, 0.2) is 0 Å². The monoisotopic (exact) mass is 229 g/mol. The molecule has 1 aliphatic heterocycles. The normalized spacial score (nSPS) is 27.2.